The van der Waals surface area contributed by atoms with Crippen LogP contribution in [0.3, 0.4) is 0 Å². The number of nitrogens with zero attached hydrogens (tertiary/aromatic N) is 3. The number of carbonyl (C=O) groups is 1. The maximum Gasteiger partial charge on any atom is 0.246 e. The molecule has 0 radical (unpaired) electrons. The molecule has 6 nitrogen and oxygen atoms in total. The Morgan fingerprint density at radius 1 is 1.52 bits per heavy atom. The second-order valence-corrected chi connectivity index (χ2v) is 5.18. The van der Waals surface area contributed by atoms with Crippen molar-refractivity contribution >= 4 is 23.2 Å². The predicted octanol–water partition coefficient (Wildman–Crippen LogP) is 2.32. The first-order valence-electron chi connectivity index (χ1n) is 6.63. The third kappa shape index (κ3) is 4.03. The van der Waals surface area contributed by atoms with Gasteiger partial charge in [-0.25, -0.2) is 4.68 Å². The van der Waals surface area contributed by atoms with Crippen LogP contribution in [0.15, 0.2) is 24.4 Å². The molecule has 2 N–H and O–H groups in total. The molecule has 21 heavy (non-hydrogen) atoms. The summed E-state index contributed by atoms with van der Waals surface area (Å²) in [5, 5.41) is 20.6. The SMILES string of the molecule is CCC(O)c1cn(CC(=O)Nc2ccc(C)c(Cl)c2)nn1. The molecule has 1 aromatic heterocycles. The Labute approximate surface area is 127 Å². The quantitative estimate of drug-likeness (QED) is 0.888. The molecule has 1 unspecified atom stereocenters. The van der Waals surface area contributed by atoms with Crippen LogP contribution in [-0.4, -0.2) is 26.0 Å². The Balaban J connectivity index is 1.98. The first kappa shape index (κ1) is 15.5. The van der Waals surface area contributed by atoms with Gasteiger partial charge in [-0.2, -0.15) is 0 Å². The van der Waals surface area contributed by atoms with Crippen molar-refractivity contribution in [1.29, 1.82) is 0 Å². The number of amides is 1. The van der Waals surface area contributed by atoms with Gasteiger partial charge in [0.2, 0.25) is 5.91 Å². The fraction of sp³-hybridized carbons (Fsp3) is 0.357. The summed E-state index contributed by atoms with van der Waals surface area (Å²) < 4.78 is 1.39. The van der Waals surface area contributed by atoms with E-state index in [0.717, 1.165) is 5.56 Å². The molecule has 1 amide bonds. The van der Waals surface area contributed by atoms with Crippen LogP contribution in [-0.2, 0) is 11.3 Å². The molecule has 1 heterocycles. The van der Waals surface area contributed by atoms with Gasteiger partial charge in [-0.3, -0.25) is 4.79 Å². The van der Waals surface area contributed by atoms with Gasteiger partial charge >= 0.3 is 0 Å². The summed E-state index contributed by atoms with van der Waals surface area (Å²) >= 11 is 6.00. The summed E-state index contributed by atoms with van der Waals surface area (Å²) in [6, 6.07) is 5.32. The van der Waals surface area contributed by atoms with Crippen LogP contribution in [0.1, 0.15) is 30.7 Å². The Bertz CT molecular complexity index is 642. The third-order valence-electron chi connectivity index (χ3n) is 3.05. The van der Waals surface area contributed by atoms with E-state index in [1.54, 1.807) is 18.3 Å². The van der Waals surface area contributed by atoms with Gasteiger partial charge in [0.15, 0.2) is 0 Å². The molecule has 0 spiro atoms. The van der Waals surface area contributed by atoms with E-state index >= 15 is 0 Å². The zero-order chi connectivity index (χ0) is 15.4. The molecule has 2 aromatic rings. The van der Waals surface area contributed by atoms with Crippen molar-refractivity contribution in [2.75, 3.05) is 5.32 Å². The minimum atomic E-state index is -0.655. The topological polar surface area (TPSA) is 80.0 Å². The molecule has 0 aliphatic carbocycles. The summed E-state index contributed by atoms with van der Waals surface area (Å²) in [7, 11) is 0. The molecule has 0 aliphatic heterocycles. The number of hydrogen-bond acceptors (Lipinski definition) is 4. The number of carbonyl (C=O) groups excluding carboxylic acids is 1. The smallest absolute Gasteiger partial charge is 0.246 e. The molecule has 112 valence electrons. The van der Waals surface area contributed by atoms with Gasteiger partial charge in [-0.05, 0) is 31.0 Å². The number of aliphatic hydroxyl groups excluding tert-OH is 1. The highest BCUT2D eigenvalue weighted by Crippen LogP contribution is 2.20. The molecule has 7 heteroatoms. The van der Waals surface area contributed by atoms with Crippen LogP contribution in [0.4, 0.5) is 5.69 Å². The number of nitrogens with one attached hydrogen (secondary N) is 1. The van der Waals surface area contributed by atoms with Gasteiger partial charge < -0.3 is 10.4 Å². The first-order valence-corrected chi connectivity index (χ1v) is 7.01. The number of aromatic nitrogens is 3. The molecule has 1 aromatic carbocycles. The zero-order valence-corrected chi connectivity index (χ0v) is 12.6. The second-order valence-electron chi connectivity index (χ2n) is 4.78. The number of rotatable bonds is 5. The summed E-state index contributed by atoms with van der Waals surface area (Å²) in [5.41, 5.74) is 2.04. The highest BCUT2D eigenvalue weighted by atomic mass is 35.5. The van der Waals surface area contributed by atoms with Crippen LogP contribution in [0.25, 0.3) is 0 Å². The number of aliphatic hydroxyl groups is 1. The predicted molar refractivity (Wildman–Crippen MR) is 80.1 cm³/mol. The largest absolute Gasteiger partial charge is 0.387 e. The lowest BCUT2D eigenvalue weighted by molar-refractivity contribution is -0.116. The van der Waals surface area contributed by atoms with Crippen molar-refractivity contribution in [1.82, 2.24) is 15.0 Å². The molecular formula is C14H17ClN4O2. The minimum absolute atomic E-state index is 0.0227. The van der Waals surface area contributed by atoms with Crippen LogP contribution in [0.2, 0.25) is 5.02 Å². The first-order chi connectivity index (χ1) is 9.99. The summed E-state index contributed by atoms with van der Waals surface area (Å²) in [6.45, 7) is 3.76. The monoisotopic (exact) mass is 308 g/mol. The molecular weight excluding hydrogens is 292 g/mol. The van der Waals surface area contributed by atoms with Crippen molar-refractivity contribution in [3.63, 3.8) is 0 Å². The molecule has 0 fully saturated rings. The fourth-order valence-corrected chi connectivity index (χ4v) is 1.95. The van der Waals surface area contributed by atoms with E-state index in [1.807, 2.05) is 19.9 Å². The number of hydrogen-bond donors (Lipinski definition) is 2. The Kier molecular flexibility index (Phi) is 4.93. The van der Waals surface area contributed by atoms with Crippen molar-refractivity contribution < 1.29 is 9.90 Å². The lowest BCUT2D eigenvalue weighted by Crippen LogP contribution is -2.19. The van der Waals surface area contributed by atoms with Gasteiger partial charge in [-0.1, -0.05) is 29.8 Å². The Morgan fingerprint density at radius 2 is 2.29 bits per heavy atom. The highest BCUT2D eigenvalue weighted by Gasteiger charge is 2.11. The molecule has 0 saturated carbocycles. The highest BCUT2D eigenvalue weighted by molar-refractivity contribution is 6.31. The lowest BCUT2D eigenvalue weighted by atomic mass is 10.2. The van der Waals surface area contributed by atoms with Crippen molar-refractivity contribution in [3.05, 3.63) is 40.7 Å². The molecule has 0 saturated heterocycles. The van der Waals surface area contributed by atoms with Crippen molar-refractivity contribution in [2.45, 2.75) is 32.9 Å². The zero-order valence-electron chi connectivity index (χ0n) is 11.9. The van der Waals surface area contributed by atoms with Gasteiger partial charge in [0.05, 0.1) is 12.3 Å². The van der Waals surface area contributed by atoms with E-state index in [2.05, 4.69) is 15.6 Å². The van der Waals surface area contributed by atoms with Crippen LogP contribution >= 0.6 is 11.6 Å². The normalized spacial score (nSPS) is 12.2. The number of benzene rings is 1. The minimum Gasteiger partial charge on any atom is -0.387 e. The van der Waals surface area contributed by atoms with Gasteiger partial charge in [0.25, 0.3) is 0 Å². The Hall–Kier alpha value is -1.92. The molecule has 1 atom stereocenters. The van der Waals surface area contributed by atoms with E-state index in [0.29, 0.717) is 22.8 Å². The van der Waals surface area contributed by atoms with E-state index in [9.17, 15) is 9.90 Å². The van der Waals surface area contributed by atoms with Gasteiger partial charge in [-0.15, -0.1) is 5.10 Å². The molecule has 0 aliphatic rings. The van der Waals surface area contributed by atoms with E-state index in [-0.39, 0.29) is 12.5 Å². The van der Waals surface area contributed by atoms with E-state index in [4.69, 9.17) is 11.6 Å². The third-order valence-corrected chi connectivity index (χ3v) is 3.45. The number of aryl methyl sites for hydroxylation is 1. The van der Waals surface area contributed by atoms with Crippen LogP contribution in [0.5, 0.6) is 0 Å². The Morgan fingerprint density at radius 3 is 2.95 bits per heavy atom. The van der Waals surface area contributed by atoms with Gasteiger partial charge in [0.1, 0.15) is 12.2 Å². The molecule has 2 rings (SSSR count). The standard InChI is InChI=1S/C14H17ClN4O2/c1-3-13(20)12-7-19(18-17-12)8-14(21)16-10-5-4-9(2)11(15)6-10/h4-7,13,20H,3,8H2,1-2H3,(H,16,21). The maximum absolute atomic E-state index is 11.9. The average Bonchev–Trinajstić information content (AvgIpc) is 2.90. The summed E-state index contributed by atoms with van der Waals surface area (Å²) in [6.07, 6.45) is 1.46. The second kappa shape index (κ2) is 6.69. The lowest BCUT2D eigenvalue weighted by Gasteiger charge is -2.06. The maximum atomic E-state index is 11.9. The average molecular weight is 309 g/mol. The van der Waals surface area contributed by atoms with Gasteiger partial charge in [0, 0.05) is 10.7 Å². The van der Waals surface area contributed by atoms with E-state index < -0.39 is 6.10 Å². The van der Waals surface area contributed by atoms with Crippen molar-refractivity contribution in [3.8, 4) is 0 Å². The van der Waals surface area contributed by atoms with Crippen molar-refractivity contribution in [2.24, 2.45) is 0 Å². The van der Waals surface area contributed by atoms with E-state index in [1.165, 1.54) is 4.68 Å². The molecule has 0 bridgehead atoms. The van der Waals surface area contributed by atoms with Crippen LogP contribution < -0.4 is 5.32 Å². The van der Waals surface area contributed by atoms with Crippen LogP contribution in [0, 0.1) is 6.92 Å². The number of halogens is 1. The fourth-order valence-electron chi connectivity index (χ4n) is 1.77. The number of anilines is 1. The summed E-state index contributed by atoms with van der Waals surface area (Å²) in [4.78, 5) is 11.9. The summed E-state index contributed by atoms with van der Waals surface area (Å²) in [5.74, 6) is -0.239.